The Kier molecular flexibility index (Phi) is 3.71. The van der Waals surface area contributed by atoms with E-state index in [0.29, 0.717) is 5.56 Å². The molecule has 0 radical (unpaired) electrons. The van der Waals surface area contributed by atoms with Crippen LogP contribution in [-0.4, -0.2) is 11.4 Å². The molecule has 1 aliphatic carbocycles. The first-order chi connectivity index (χ1) is 8.50. The van der Waals surface area contributed by atoms with Crippen molar-refractivity contribution in [2.75, 3.05) is 0 Å². The summed E-state index contributed by atoms with van der Waals surface area (Å²) >= 11 is 0. The molecule has 3 heteroatoms. The van der Waals surface area contributed by atoms with Gasteiger partial charge >= 0.3 is 0 Å². The lowest BCUT2D eigenvalue weighted by Gasteiger charge is -2.26. The van der Waals surface area contributed by atoms with Crippen LogP contribution in [0.2, 0.25) is 0 Å². The van der Waals surface area contributed by atoms with E-state index in [2.05, 4.69) is 12.2 Å². The fourth-order valence-electron chi connectivity index (χ4n) is 2.69. The van der Waals surface area contributed by atoms with Crippen LogP contribution in [0.3, 0.4) is 0 Å². The molecule has 1 saturated carbocycles. The maximum atomic E-state index is 11.1. The topological polar surface area (TPSA) is 55.1 Å². The lowest BCUT2D eigenvalue weighted by molar-refractivity contribution is 0.1000. The molecule has 1 fully saturated rings. The normalized spacial score (nSPS) is 17.9. The number of aryl methyl sites for hydroxylation is 1. The Morgan fingerprint density at radius 1 is 1.39 bits per heavy atom. The van der Waals surface area contributed by atoms with Crippen molar-refractivity contribution in [3.05, 3.63) is 34.9 Å². The third kappa shape index (κ3) is 2.91. The summed E-state index contributed by atoms with van der Waals surface area (Å²) in [4.78, 5) is 11.1. The number of carbonyl (C=O) groups excluding carboxylic acids is 1. The van der Waals surface area contributed by atoms with Crippen molar-refractivity contribution in [3.8, 4) is 0 Å². The van der Waals surface area contributed by atoms with Crippen LogP contribution in [0.5, 0.6) is 0 Å². The number of primary amides is 1. The zero-order valence-corrected chi connectivity index (χ0v) is 11.3. The summed E-state index contributed by atoms with van der Waals surface area (Å²) in [7, 11) is 0. The van der Waals surface area contributed by atoms with E-state index in [1.165, 1.54) is 31.2 Å². The predicted molar refractivity (Wildman–Crippen MR) is 73.4 cm³/mol. The van der Waals surface area contributed by atoms with Gasteiger partial charge in [0.2, 0.25) is 5.91 Å². The van der Waals surface area contributed by atoms with Gasteiger partial charge < -0.3 is 11.1 Å². The molecule has 0 bridgehead atoms. The molecule has 1 aromatic rings. The van der Waals surface area contributed by atoms with Gasteiger partial charge in [0.25, 0.3) is 0 Å². The molecular formula is C15H22N2O. The first-order valence-corrected chi connectivity index (χ1v) is 6.65. The second-order valence-corrected chi connectivity index (χ2v) is 5.63. The molecule has 0 saturated heterocycles. The van der Waals surface area contributed by atoms with Crippen molar-refractivity contribution in [1.29, 1.82) is 0 Å². The van der Waals surface area contributed by atoms with Crippen LogP contribution in [0.4, 0.5) is 0 Å². The molecule has 2 rings (SSSR count). The average Bonchev–Trinajstić information content (AvgIpc) is 2.75. The zero-order valence-electron chi connectivity index (χ0n) is 11.3. The monoisotopic (exact) mass is 246 g/mol. The summed E-state index contributed by atoms with van der Waals surface area (Å²) < 4.78 is 0. The predicted octanol–water partition coefficient (Wildman–Crippen LogP) is 2.52. The van der Waals surface area contributed by atoms with E-state index < -0.39 is 0 Å². The first-order valence-electron chi connectivity index (χ1n) is 6.65. The van der Waals surface area contributed by atoms with Gasteiger partial charge in [-0.3, -0.25) is 4.79 Å². The molecular weight excluding hydrogens is 224 g/mol. The largest absolute Gasteiger partial charge is 0.366 e. The number of benzene rings is 1. The van der Waals surface area contributed by atoms with Gasteiger partial charge in [-0.2, -0.15) is 0 Å². The Morgan fingerprint density at radius 2 is 2.06 bits per heavy atom. The van der Waals surface area contributed by atoms with E-state index in [1.54, 1.807) is 0 Å². The number of hydrogen-bond donors (Lipinski definition) is 2. The minimum atomic E-state index is -0.361. The third-order valence-electron chi connectivity index (χ3n) is 4.04. The van der Waals surface area contributed by atoms with Gasteiger partial charge in [-0.15, -0.1) is 0 Å². The standard InChI is InChI=1S/C15H22N2O/c1-11-9-12(14(16)18)5-6-13(11)10-17-15(2)7-3-4-8-15/h5-6,9,17H,3-4,7-8,10H2,1-2H3,(H2,16,18). The van der Waals surface area contributed by atoms with E-state index in [0.717, 1.165) is 12.1 Å². The Hall–Kier alpha value is -1.35. The molecule has 98 valence electrons. The summed E-state index contributed by atoms with van der Waals surface area (Å²) in [5, 5.41) is 3.65. The molecule has 1 aliphatic rings. The maximum absolute atomic E-state index is 11.1. The van der Waals surface area contributed by atoms with E-state index in [9.17, 15) is 4.79 Å². The van der Waals surface area contributed by atoms with Gasteiger partial charge in [0.05, 0.1) is 0 Å². The quantitative estimate of drug-likeness (QED) is 0.857. The summed E-state index contributed by atoms with van der Waals surface area (Å²) in [6, 6.07) is 5.68. The smallest absolute Gasteiger partial charge is 0.248 e. The number of nitrogens with two attached hydrogens (primary N) is 1. The van der Waals surface area contributed by atoms with Crippen molar-refractivity contribution >= 4 is 5.91 Å². The van der Waals surface area contributed by atoms with E-state index in [-0.39, 0.29) is 11.4 Å². The van der Waals surface area contributed by atoms with Crippen molar-refractivity contribution in [2.45, 2.75) is 51.6 Å². The zero-order chi connectivity index (χ0) is 13.2. The number of hydrogen-bond acceptors (Lipinski definition) is 2. The Morgan fingerprint density at radius 3 is 2.61 bits per heavy atom. The molecule has 0 aromatic heterocycles. The van der Waals surface area contributed by atoms with Gasteiger partial charge in [0.1, 0.15) is 0 Å². The molecule has 0 aliphatic heterocycles. The van der Waals surface area contributed by atoms with Crippen LogP contribution in [0.1, 0.15) is 54.1 Å². The lowest BCUT2D eigenvalue weighted by atomic mass is 9.99. The van der Waals surface area contributed by atoms with Gasteiger partial charge in [-0.1, -0.05) is 18.9 Å². The molecule has 3 N–H and O–H groups in total. The van der Waals surface area contributed by atoms with Crippen molar-refractivity contribution < 1.29 is 4.79 Å². The number of carbonyl (C=O) groups is 1. The van der Waals surface area contributed by atoms with Crippen LogP contribution >= 0.6 is 0 Å². The highest BCUT2D eigenvalue weighted by Crippen LogP contribution is 2.29. The summed E-state index contributed by atoms with van der Waals surface area (Å²) in [5.41, 5.74) is 8.51. The fraction of sp³-hybridized carbons (Fsp3) is 0.533. The molecule has 1 amide bonds. The van der Waals surface area contributed by atoms with Crippen LogP contribution < -0.4 is 11.1 Å². The number of nitrogens with one attached hydrogen (secondary N) is 1. The number of amides is 1. The highest BCUT2D eigenvalue weighted by atomic mass is 16.1. The highest BCUT2D eigenvalue weighted by molar-refractivity contribution is 5.93. The minimum Gasteiger partial charge on any atom is -0.366 e. The van der Waals surface area contributed by atoms with Crippen molar-refractivity contribution in [2.24, 2.45) is 5.73 Å². The Labute approximate surface area is 109 Å². The molecule has 0 unspecified atom stereocenters. The van der Waals surface area contributed by atoms with Crippen LogP contribution in [-0.2, 0) is 6.54 Å². The third-order valence-corrected chi connectivity index (χ3v) is 4.04. The fourth-order valence-corrected chi connectivity index (χ4v) is 2.69. The molecule has 3 nitrogen and oxygen atoms in total. The Balaban J connectivity index is 2.03. The SMILES string of the molecule is Cc1cc(C(N)=O)ccc1CNC1(C)CCCC1. The molecule has 0 spiro atoms. The molecule has 0 atom stereocenters. The first kappa shape index (κ1) is 13.1. The van der Waals surface area contributed by atoms with Crippen molar-refractivity contribution in [3.63, 3.8) is 0 Å². The molecule has 0 heterocycles. The van der Waals surface area contributed by atoms with Gasteiger partial charge in [-0.05, 0) is 49.9 Å². The molecule has 1 aromatic carbocycles. The van der Waals surface area contributed by atoms with Gasteiger partial charge in [0.15, 0.2) is 0 Å². The molecule has 18 heavy (non-hydrogen) atoms. The van der Waals surface area contributed by atoms with Crippen molar-refractivity contribution in [1.82, 2.24) is 5.32 Å². The van der Waals surface area contributed by atoms with Crippen LogP contribution in [0, 0.1) is 6.92 Å². The van der Waals surface area contributed by atoms with E-state index in [1.807, 2.05) is 25.1 Å². The number of rotatable bonds is 4. The lowest BCUT2D eigenvalue weighted by Crippen LogP contribution is -2.38. The van der Waals surface area contributed by atoms with E-state index >= 15 is 0 Å². The van der Waals surface area contributed by atoms with Gasteiger partial charge in [-0.25, -0.2) is 0 Å². The maximum Gasteiger partial charge on any atom is 0.248 e. The van der Waals surface area contributed by atoms with Crippen LogP contribution in [0.25, 0.3) is 0 Å². The summed E-state index contributed by atoms with van der Waals surface area (Å²) in [6.45, 7) is 5.19. The Bertz CT molecular complexity index is 448. The minimum absolute atomic E-state index is 0.287. The second-order valence-electron chi connectivity index (χ2n) is 5.63. The average molecular weight is 246 g/mol. The highest BCUT2D eigenvalue weighted by Gasteiger charge is 2.27. The summed E-state index contributed by atoms with van der Waals surface area (Å²) in [6.07, 6.45) is 5.16. The summed E-state index contributed by atoms with van der Waals surface area (Å²) in [5.74, 6) is -0.361. The second kappa shape index (κ2) is 5.11. The van der Waals surface area contributed by atoms with E-state index in [4.69, 9.17) is 5.73 Å². The van der Waals surface area contributed by atoms with Crippen LogP contribution in [0.15, 0.2) is 18.2 Å². The van der Waals surface area contributed by atoms with Gasteiger partial charge in [0, 0.05) is 17.6 Å².